The van der Waals surface area contributed by atoms with Gasteiger partial charge in [0.05, 0.1) is 0 Å². The van der Waals surface area contributed by atoms with Gasteiger partial charge in [0.1, 0.15) is 5.82 Å². The van der Waals surface area contributed by atoms with E-state index >= 15 is 0 Å². The van der Waals surface area contributed by atoms with Crippen molar-refractivity contribution in [2.45, 2.75) is 44.0 Å². The summed E-state index contributed by atoms with van der Waals surface area (Å²) < 4.78 is 13.2. The van der Waals surface area contributed by atoms with E-state index in [-0.39, 0.29) is 5.82 Å². The van der Waals surface area contributed by atoms with Gasteiger partial charge in [-0.1, -0.05) is 29.3 Å². The van der Waals surface area contributed by atoms with Gasteiger partial charge in [0.25, 0.3) is 0 Å². The van der Waals surface area contributed by atoms with Crippen LogP contribution in [0.2, 0.25) is 0 Å². The average molecular weight is 300 g/mol. The Balaban J connectivity index is 2.21. The lowest BCUT2D eigenvalue weighted by molar-refractivity contribution is 0.625. The molecule has 2 rings (SSSR count). The van der Waals surface area contributed by atoms with E-state index in [1.54, 1.807) is 12.1 Å². The highest BCUT2D eigenvalue weighted by atomic mass is 79.9. The summed E-state index contributed by atoms with van der Waals surface area (Å²) in [5, 5.41) is 0.718. The zero-order valence-corrected chi connectivity index (χ0v) is 11.8. The number of benzene rings is 1. The molecule has 1 aliphatic carbocycles. The van der Waals surface area contributed by atoms with Crippen LogP contribution < -0.4 is 4.90 Å². The zero-order chi connectivity index (χ0) is 12.3. The van der Waals surface area contributed by atoms with Crippen LogP contribution in [-0.2, 0) is 5.33 Å². The van der Waals surface area contributed by atoms with Gasteiger partial charge < -0.3 is 4.90 Å². The maximum atomic E-state index is 13.2. The third kappa shape index (κ3) is 3.21. The lowest BCUT2D eigenvalue weighted by Crippen LogP contribution is -2.27. The van der Waals surface area contributed by atoms with Gasteiger partial charge in [-0.2, -0.15) is 0 Å². The summed E-state index contributed by atoms with van der Waals surface area (Å²) >= 11 is 3.46. The van der Waals surface area contributed by atoms with Crippen molar-refractivity contribution in [3.63, 3.8) is 0 Å². The van der Waals surface area contributed by atoms with E-state index in [9.17, 15) is 4.39 Å². The van der Waals surface area contributed by atoms with Crippen molar-refractivity contribution in [3.8, 4) is 0 Å². The summed E-state index contributed by atoms with van der Waals surface area (Å²) in [6.07, 6.45) is 4.97. The van der Waals surface area contributed by atoms with E-state index in [0.717, 1.165) is 17.4 Å². The summed E-state index contributed by atoms with van der Waals surface area (Å²) in [4.78, 5) is 2.46. The Morgan fingerprint density at radius 1 is 1.41 bits per heavy atom. The van der Waals surface area contributed by atoms with E-state index in [2.05, 4.69) is 27.8 Å². The Labute approximate surface area is 111 Å². The van der Waals surface area contributed by atoms with Crippen LogP contribution in [0.3, 0.4) is 0 Å². The van der Waals surface area contributed by atoms with Crippen LogP contribution in [-0.4, -0.2) is 12.6 Å². The Hall–Kier alpha value is -0.570. The second-order valence-electron chi connectivity index (χ2n) is 4.68. The molecule has 3 heteroatoms. The quantitative estimate of drug-likeness (QED) is 0.700. The first-order valence-electron chi connectivity index (χ1n) is 6.37. The van der Waals surface area contributed by atoms with Crippen molar-refractivity contribution in [2.75, 3.05) is 11.4 Å². The number of hydrogen-bond donors (Lipinski definition) is 0. The Kier molecular flexibility index (Phi) is 4.43. The minimum Gasteiger partial charge on any atom is -0.368 e. The van der Waals surface area contributed by atoms with Crippen molar-refractivity contribution < 1.29 is 4.39 Å². The van der Waals surface area contributed by atoms with E-state index in [1.807, 2.05) is 6.07 Å². The van der Waals surface area contributed by atoms with Gasteiger partial charge in [0, 0.05) is 23.6 Å². The van der Waals surface area contributed by atoms with E-state index < -0.39 is 0 Å². The summed E-state index contributed by atoms with van der Waals surface area (Å²) in [6.45, 7) is 3.30. The topological polar surface area (TPSA) is 3.24 Å². The van der Waals surface area contributed by atoms with Crippen LogP contribution in [0.4, 0.5) is 10.1 Å². The van der Waals surface area contributed by atoms with E-state index in [1.165, 1.54) is 31.4 Å². The fourth-order valence-corrected chi connectivity index (χ4v) is 2.60. The van der Waals surface area contributed by atoms with Crippen molar-refractivity contribution in [1.82, 2.24) is 0 Å². The molecule has 94 valence electrons. The minimum atomic E-state index is -0.144. The van der Waals surface area contributed by atoms with Gasteiger partial charge in [-0.25, -0.2) is 4.39 Å². The third-order valence-electron chi connectivity index (χ3n) is 3.24. The van der Waals surface area contributed by atoms with Gasteiger partial charge in [0.15, 0.2) is 0 Å². The fourth-order valence-electron chi connectivity index (χ4n) is 2.16. The maximum absolute atomic E-state index is 13.2. The Bertz CT molecular complexity index is 376. The molecular weight excluding hydrogens is 281 g/mol. The highest BCUT2D eigenvalue weighted by Crippen LogP contribution is 2.34. The number of unbranched alkanes of at least 4 members (excludes halogenated alkanes) is 1. The number of halogens is 2. The number of alkyl halides is 1. The largest absolute Gasteiger partial charge is 0.368 e. The molecule has 1 aromatic rings. The summed E-state index contributed by atoms with van der Waals surface area (Å²) in [5.41, 5.74) is 2.27. The first kappa shape index (κ1) is 12.9. The Morgan fingerprint density at radius 2 is 2.18 bits per heavy atom. The van der Waals surface area contributed by atoms with Gasteiger partial charge in [-0.3, -0.25) is 0 Å². The molecule has 0 saturated heterocycles. The van der Waals surface area contributed by atoms with Crippen LogP contribution in [0.15, 0.2) is 18.2 Å². The molecule has 1 aliphatic rings. The molecule has 1 aromatic carbocycles. The number of anilines is 1. The van der Waals surface area contributed by atoms with Crippen LogP contribution >= 0.6 is 15.9 Å². The molecule has 0 atom stereocenters. The molecule has 1 nitrogen and oxygen atoms in total. The SMILES string of the molecule is CCCCN(c1ccc(F)cc1CBr)C1CC1. The van der Waals surface area contributed by atoms with Crippen molar-refractivity contribution >= 4 is 21.6 Å². The molecule has 0 unspecified atom stereocenters. The lowest BCUT2D eigenvalue weighted by Gasteiger charge is -2.26. The standard InChI is InChI=1S/C14H19BrFN/c1-2-3-8-17(13-5-6-13)14-7-4-12(16)9-11(14)10-15/h4,7,9,13H,2-3,5-6,8,10H2,1H3. The summed E-state index contributed by atoms with van der Waals surface area (Å²) in [5.74, 6) is -0.144. The molecule has 0 radical (unpaired) electrons. The van der Waals surface area contributed by atoms with Crippen LogP contribution in [0.1, 0.15) is 38.2 Å². The predicted molar refractivity (Wildman–Crippen MR) is 74.3 cm³/mol. The zero-order valence-electron chi connectivity index (χ0n) is 10.3. The minimum absolute atomic E-state index is 0.144. The molecule has 0 aliphatic heterocycles. The maximum Gasteiger partial charge on any atom is 0.123 e. The highest BCUT2D eigenvalue weighted by Gasteiger charge is 2.29. The average Bonchev–Trinajstić information content (AvgIpc) is 3.15. The van der Waals surface area contributed by atoms with Gasteiger partial charge in [-0.05, 0) is 43.0 Å². The van der Waals surface area contributed by atoms with Crippen LogP contribution in [0.5, 0.6) is 0 Å². The third-order valence-corrected chi connectivity index (χ3v) is 3.84. The number of hydrogen-bond acceptors (Lipinski definition) is 1. The molecule has 0 aromatic heterocycles. The highest BCUT2D eigenvalue weighted by molar-refractivity contribution is 9.08. The van der Waals surface area contributed by atoms with Crippen LogP contribution in [0.25, 0.3) is 0 Å². The van der Waals surface area contributed by atoms with Crippen molar-refractivity contribution in [3.05, 3.63) is 29.6 Å². The normalized spacial score (nSPS) is 15.0. The predicted octanol–water partition coefficient (Wildman–Crippen LogP) is 4.49. The molecule has 0 amide bonds. The van der Waals surface area contributed by atoms with Gasteiger partial charge in [-0.15, -0.1) is 0 Å². The fraction of sp³-hybridized carbons (Fsp3) is 0.571. The molecule has 0 N–H and O–H groups in total. The first-order valence-corrected chi connectivity index (χ1v) is 7.49. The molecule has 0 spiro atoms. The van der Waals surface area contributed by atoms with Crippen LogP contribution in [0, 0.1) is 5.82 Å². The summed E-state index contributed by atoms with van der Waals surface area (Å²) in [6, 6.07) is 5.83. The smallest absolute Gasteiger partial charge is 0.123 e. The molecule has 17 heavy (non-hydrogen) atoms. The van der Waals surface area contributed by atoms with E-state index in [0.29, 0.717) is 6.04 Å². The molecule has 1 saturated carbocycles. The first-order chi connectivity index (χ1) is 8.26. The second-order valence-corrected chi connectivity index (χ2v) is 5.25. The molecule has 1 fully saturated rings. The monoisotopic (exact) mass is 299 g/mol. The molecule has 0 heterocycles. The second kappa shape index (κ2) is 5.85. The van der Waals surface area contributed by atoms with Crippen molar-refractivity contribution in [1.29, 1.82) is 0 Å². The number of rotatable bonds is 6. The molecule has 0 bridgehead atoms. The Morgan fingerprint density at radius 3 is 2.76 bits per heavy atom. The van der Waals surface area contributed by atoms with Gasteiger partial charge >= 0.3 is 0 Å². The van der Waals surface area contributed by atoms with E-state index in [4.69, 9.17) is 0 Å². The molecular formula is C14H19BrFN. The van der Waals surface area contributed by atoms with Crippen molar-refractivity contribution in [2.24, 2.45) is 0 Å². The summed E-state index contributed by atoms with van der Waals surface area (Å²) in [7, 11) is 0. The van der Waals surface area contributed by atoms with Gasteiger partial charge in [0.2, 0.25) is 0 Å². The number of nitrogens with zero attached hydrogens (tertiary/aromatic N) is 1. The lowest BCUT2D eigenvalue weighted by atomic mass is 10.1.